The van der Waals surface area contributed by atoms with Crippen molar-refractivity contribution in [3.8, 4) is 0 Å². The van der Waals surface area contributed by atoms with Crippen LogP contribution in [0, 0.1) is 0 Å². The fourth-order valence-corrected chi connectivity index (χ4v) is 2.64. The maximum absolute atomic E-state index is 11.9. The molecule has 0 unspecified atom stereocenters. The van der Waals surface area contributed by atoms with Crippen molar-refractivity contribution in [3.05, 3.63) is 0 Å². The summed E-state index contributed by atoms with van der Waals surface area (Å²) in [6.07, 6.45) is 3.01. The third-order valence-corrected chi connectivity index (χ3v) is 3.93. The van der Waals surface area contributed by atoms with Crippen molar-refractivity contribution in [3.63, 3.8) is 0 Å². The quantitative estimate of drug-likeness (QED) is 0.809. The minimum absolute atomic E-state index is 0.473. The Morgan fingerprint density at radius 2 is 1.80 bits per heavy atom. The van der Waals surface area contributed by atoms with Crippen molar-refractivity contribution in [2.45, 2.75) is 63.6 Å². The summed E-state index contributed by atoms with van der Waals surface area (Å²) in [7, 11) is 0. The molecule has 6 heteroatoms. The molecule has 2 amide bonds. The number of likely N-dealkylation sites (tertiary alicyclic amines) is 1. The van der Waals surface area contributed by atoms with E-state index < -0.39 is 23.1 Å². The molecular weight excluding hydrogens is 258 g/mol. The third kappa shape index (κ3) is 3.62. The predicted molar refractivity (Wildman–Crippen MR) is 75.1 cm³/mol. The molecule has 20 heavy (non-hydrogen) atoms. The molecule has 0 spiro atoms. The van der Waals surface area contributed by atoms with Crippen molar-refractivity contribution in [2.24, 2.45) is 5.73 Å². The maximum atomic E-state index is 11.9. The monoisotopic (exact) mass is 283 g/mol. The Kier molecular flexibility index (Phi) is 3.95. The Bertz CT molecular complexity index is 391. The van der Waals surface area contributed by atoms with Gasteiger partial charge >= 0.3 is 6.09 Å². The summed E-state index contributed by atoms with van der Waals surface area (Å²) < 4.78 is 5.23. The summed E-state index contributed by atoms with van der Waals surface area (Å²) in [6.45, 7) is 6.96. The minimum atomic E-state index is -0.965. The lowest BCUT2D eigenvalue weighted by molar-refractivity contribution is -0.126. The number of amides is 2. The summed E-state index contributed by atoms with van der Waals surface area (Å²) in [5.41, 5.74) is 3.97. The highest BCUT2D eigenvalue weighted by Gasteiger charge is 2.44. The normalized spacial score (nSPS) is 23.1. The van der Waals surface area contributed by atoms with Gasteiger partial charge in [-0.3, -0.25) is 4.79 Å². The summed E-state index contributed by atoms with van der Waals surface area (Å²) >= 11 is 0. The first kappa shape index (κ1) is 15.1. The van der Waals surface area contributed by atoms with Gasteiger partial charge in [0, 0.05) is 19.1 Å². The van der Waals surface area contributed by atoms with Crippen LogP contribution in [0.1, 0.15) is 46.5 Å². The van der Waals surface area contributed by atoms with Gasteiger partial charge in [0.15, 0.2) is 0 Å². The summed E-state index contributed by atoms with van der Waals surface area (Å²) in [5.74, 6) is -0.473. The van der Waals surface area contributed by atoms with Crippen LogP contribution in [0.5, 0.6) is 0 Å². The molecule has 1 saturated heterocycles. The van der Waals surface area contributed by atoms with Gasteiger partial charge < -0.3 is 20.7 Å². The van der Waals surface area contributed by atoms with Gasteiger partial charge in [-0.25, -0.2) is 4.79 Å². The Hall–Kier alpha value is -1.30. The smallest absolute Gasteiger partial charge is 0.408 e. The van der Waals surface area contributed by atoms with Gasteiger partial charge in [-0.05, 0) is 46.5 Å². The van der Waals surface area contributed by atoms with Crippen LogP contribution >= 0.6 is 0 Å². The lowest BCUT2D eigenvalue weighted by Gasteiger charge is -2.40. The van der Waals surface area contributed by atoms with Gasteiger partial charge in [-0.15, -0.1) is 0 Å². The van der Waals surface area contributed by atoms with Gasteiger partial charge in [-0.2, -0.15) is 0 Å². The number of rotatable bonds is 3. The van der Waals surface area contributed by atoms with E-state index in [9.17, 15) is 9.59 Å². The van der Waals surface area contributed by atoms with E-state index in [1.54, 1.807) is 20.8 Å². The first-order valence-corrected chi connectivity index (χ1v) is 7.27. The molecule has 0 atom stereocenters. The second kappa shape index (κ2) is 5.24. The van der Waals surface area contributed by atoms with Gasteiger partial charge in [0.2, 0.25) is 5.91 Å². The molecule has 3 N–H and O–H groups in total. The molecule has 2 fully saturated rings. The first-order chi connectivity index (χ1) is 9.22. The highest BCUT2D eigenvalue weighted by atomic mass is 16.6. The maximum Gasteiger partial charge on any atom is 0.408 e. The molecule has 0 radical (unpaired) electrons. The van der Waals surface area contributed by atoms with Crippen molar-refractivity contribution < 1.29 is 14.3 Å². The van der Waals surface area contributed by atoms with E-state index in [-0.39, 0.29) is 0 Å². The predicted octanol–water partition coefficient (Wildman–Crippen LogP) is 0.993. The number of nitrogens with one attached hydrogen (secondary N) is 1. The van der Waals surface area contributed by atoms with E-state index in [0.717, 1.165) is 13.1 Å². The number of ether oxygens (including phenoxy) is 1. The number of nitrogens with two attached hydrogens (primary N) is 1. The lowest BCUT2D eigenvalue weighted by Crippen LogP contribution is -2.63. The fourth-order valence-electron chi connectivity index (χ4n) is 2.64. The summed E-state index contributed by atoms with van der Waals surface area (Å²) in [5, 5.41) is 2.71. The van der Waals surface area contributed by atoms with Crippen molar-refractivity contribution >= 4 is 12.0 Å². The van der Waals surface area contributed by atoms with Gasteiger partial charge in [0.05, 0.1) is 0 Å². The molecule has 2 aliphatic rings. The second-order valence-electron chi connectivity index (χ2n) is 6.84. The van der Waals surface area contributed by atoms with Crippen LogP contribution in [0.3, 0.4) is 0 Å². The van der Waals surface area contributed by atoms with Crippen LogP contribution < -0.4 is 11.1 Å². The standard InChI is InChI=1S/C14H25N3O3/c1-13(2,3)20-12(19)16-14(11(15)18)6-8-17(9-7-14)10-4-5-10/h10H,4-9H2,1-3H3,(H2,15,18)(H,16,19). The molecular formula is C14H25N3O3. The van der Waals surface area contributed by atoms with Crippen LogP contribution in [-0.2, 0) is 9.53 Å². The van der Waals surface area contributed by atoms with Crippen molar-refractivity contribution in [2.75, 3.05) is 13.1 Å². The Morgan fingerprint density at radius 3 is 2.20 bits per heavy atom. The zero-order valence-corrected chi connectivity index (χ0v) is 12.6. The summed E-state index contributed by atoms with van der Waals surface area (Å²) in [6, 6.07) is 0.669. The molecule has 6 nitrogen and oxygen atoms in total. The highest BCUT2D eigenvalue weighted by Crippen LogP contribution is 2.32. The largest absolute Gasteiger partial charge is 0.444 e. The number of piperidine rings is 1. The van der Waals surface area contributed by atoms with Crippen LogP contribution in [0.4, 0.5) is 4.79 Å². The molecule has 1 aliphatic carbocycles. The summed E-state index contributed by atoms with van der Waals surface area (Å²) in [4.78, 5) is 26.1. The van der Waals surface area contributed by atoms with Crippen LogP contribution in [0.2, 0.25) is 0 Å². The third-order valence-electron chi connectivity index (χ3n) is 3.93. The van der Waals surface area contributed by atoms with Crippen LogP contribution in [-0.4, -0.2) is 47.2 Å². The van der Waals surface area contributed by atoms with E-state index in [4.69, 9.17) is 10.5 Å². The molecule has 0 aromatic heterocycles. The zero-order valence-electron chi connectivity index (χ0n) is 12.6. The van der Waals surface area contributed by atoms with E-state index in [2.05, 4.69) is 10.2 Å². The fraction of sp³-hybridized carbons (Fsp3) is 0.857. The van der Waals surface area contributed by atoms with Gasteiger partial charge in [-0.1, -0.05) is 0 Å². The Balaban J connectivity index is 1.96. The number of hydrogen-bond donors (Lipinski definition) is 2. The first-order valence-electron chi connectivity index (χ1n) is 7.27. The van der Waals surface area contributed by atoms with Crippen LogP contribution in [0.15, 0.2) is 0 Å². The lowest BCUT2D eigenvalue weighted by atomic mass is 9.86. The SMILES string of the molecule is CC(C)(C)OC(=O)NC1(C(N)=O)CCN(C2CC2)CC1. The second-order valence-corrected chi connectivity index (χ2v) is 6.84. The van der Waals surface area contributed by atoms with Crippen LogP contribution in [0.25, 0.3) is 0 Å². The van der Waals surface area contributed by atoms with Crippen molar-refractivity contribution in [1.82, 2.24) is 10.2 Å². The van der Waals surface area contributed by atoms with E-state index in [1.165, 1.54) is 12.8 Å². The molecule has 0 bridgehead atoms. The molecule has 1 heterocycles. The number of alkyl carbamates (subject to hydrolysis) is 1. The van der Waals surface area contributed by atoms with E-state index in [1.807, 2.05) is 0 Å². The van der Waals surface area contributed by atoms with Crippen molar-refractivity contribution in [1.29, 1.82) is 0 Å². The number of carbonyl (C=O) groups excluding carboxylic acids is 2. The van der Waals surface area contributed by atoms with Gasteiger partial charge in [0.1, 0.15) is 11.1 Å². The Morgan fingerprint density at radius 1 is 1.25 bits per heavy atom. The topological polar surface area (TPSA) is 84.7 Å². The highest BCUT2D eigenvalue weighted by molar-refractivity contribution is 5.88. The minimum Gasteiger partial charge on any atom is -0.444 e. The average molecular weight is 283 g/mol. The zero-order chi connectivity index (χ0) is 15.0. The van der Waals surface area contributed by atoms with E-state index >= 15 is 0 Å². The molecule has 1 saturated carbocycles. The number of carbonyl (C=O) groups is 2. The average Bonchev–Trinajstić information content (AvgIpc) is 3.10. The molecule has 1 aliphatic heterocycles. The van der Waals surface area contributed by atoms with E-state index in [0.29, 0.717) is 18.9 Å². The molecule has 0 aromatic rings. The Labute approximate surface area is 120 Å². The molecule has 2 rings (SSSR count). The number of nitrogens with zero attached hydrogens (tertiary/aromatic N) is 1. The van der Waals surface area contributed by atoms with Gasteiger partial charge in [0.25, 0.3) is 0 Å². The molecule has 114 valence electrons. The number of hydrogen-bond acceptors (Lipinski definition) is 4. The molecule has 0 aromatic carbocycles. The number of primary amides is 1.